The number of hydrogen-bond donors (Lipinski definition) is 3. The van der Waals surface area contributed by atoms with Crippen LogP contribution < -0.4 is 5.32 Å². The number of hydrogen-bond acceptors (Lipinski definition) is 6. The molecule has 0 spiro atoms. The van der Waals surface area contributed by atoms with Crippen molar-refractivity contribution in [3.63, 3.8) is 0 Å². The molecule has 1 aromatic carbocycles. The van der Waals surface area contributed by atoms with Gasteiger partial charge in [0, 0.05) is 30.8 Å². The molecule has 0 unspecified atom stereocenters. The molecule has 0 fully saturated rings. The summed E-state index contributed by atoms with van der Waals surface area (Å²) in [6, 6.07) is 5.24. The molecule has 0 aliphatic rings. The van der Waals surface area contributed by atoms with Gasteiger partial charge < -0.3 is 15.1 Å². The Hall–Kier alpha value is -2.10. The molecule has 0 radical (unpaired) electrons. The summed E-state index contributed by atoms with van der Waals surface area (Å²) in [6.07, 6.45) is 0. The number of carbonyl (C=O) groups is 1. The zero-order chi connectivity index (χ0) is 15.8. The van der Waals surface area contributed by atoms with E-state index in [-0.39, 0.29) is 42.7 Å². The monoisotopic (exact) mass is 313 g/mol. The van der Waals surface area contributed by atoms with Crippen LogP contribution in [0.25, 0.3) is 0 Å². The van der Waals surface area contributed by atoms with Crippen LogP contribution in [0.3, 0.4) is 0 Å². The molecule has 21 heavy (non-hydrogen) atoms. The van der Waals surface area contributed by atoms with Crippen LogP contribution in [0.4, 0.5) is 5.69 Å². The Morgan fingerprint density at radius 3 is 2.48 bits per heavy atom. The van der Waals surface area contributed by atoms with Gasteiger partial charge in [0.05, 0.1) is 18.1 Å². The topological polar surface area (TPSA) is 116 Å². The summed E-state index contributed by atoms with van der Waals surface area (Å²) in [4.78, 5) is 23.5. The first-order chi connectivity index (χ1) is 9.99. The molecule has 1 amide bonds. The molecular formula is C12H15N3O5S. The molecule has 0 atom stereocenters. The molecule has 0 aromatic heterocycles. The van der Waals surface area contributed by atoms with Crippen molar-refractivity contribution >= 4 is 28.9 Å². The second kappa shape index (κ2) is 8.25. The number of nitro benzene ring substituents is 1. The largest absolute Gasteiger partial charge is 0.395 e. The summed E-state index contributed by atoms with van der Waals surface area (Å²) >= 11 is 5.00. The minimum atomic E-state index is -0.598. The van der Waals surface area contributed by atoms with Crippen LogP contribution >= 0.6 is 12.2 Å². The lowest BCUT2D eigenvalue weighted by atomic mass is 10.2. The van der Waals surface area contributed by atoms with Gasteiger partial charge in [0.1, 0.15) is 0 Å². The fourth-order valence-electron chi connectivity index (χ4n) is 1.57. The maximum atomic E-state index is 12.0. The SMILES string of the molecule is O=C(NC(=S)N(CCO)CCO)c1cccc([N+](=O)[O-])c1. The highest BCUT2D eigenvalue weighted by Crippen LogP contribution is 2.12. The minimum absolute atomic E-state index is 0.0367. The summed E-state index contributed by atoms with van der Waals surface area (Å²) in [5.41, 5.74) is -0.101. The Kier molecular flexibility index (Phi) is 6.66. The van der Waals surface area contributed by atoms with Crippen molar-refractivity contribution in [3.8, 4) is 0 Å². The zero-order valence-electron chi connectivity index (χ0n) is 11.1. The van der Waals surface area contributed by atoms with Gasteiger partial charge in [-0.25, -0.2) is 0 Å². The summed E-state index contributed by atoms with van der Waals surface area (Å²) in [6.45, 7) is -0.0527. The van der Waals surface area contributed by atoms with Gasteiger partial charge in [0.15, 0.2) is 5.11 Å². The fraction of sp³-hybridized carbons (Fsp3) is 0.333. The maximum Gasteiger partial charge on any atom is 0.270 e. The van der Waals surface area contributed by atoms with Crippen LogP contribution in [0, 0.1) is 10.1 Å². The second-order valence-corrected chi connectivity index (χ2v) is 4.39. The lowest BCUT2D eigenvalue weighted by molar-refractivity contribution is -0.384. The summed E-state index contributed by atoms with van der Waals surface area (Å²) in [7, 11) is 0. The molecule has 9 heteroatoms. The average molecular weight is 313 g/mol. The van der Waals surface area contributed by atoms with Gasteiger partial charge in [-0.1, -0.05) is 6.07 Å². The second-order valence-electron chi connectivity index (χ2n) is 4.00. The van der Waals surface area contributed by atoms with Crippen LogP contribution in [0.5, 0.6) is 0 Å². The number of amides is 1. The van der Waals surface area contributed by atoms with Crippen molar-refractivity contribution in [2.24, 2.45) is 0 Å². The van der Waals surface area contributed by atoms with Gasteiger partial charge in [-0.15, -0.1) is 0 Å². The van der Waals surface area contributed by atoms with Crippen molar-refractivity contribution in [1.82, 2.24) is 10.2 Å². The number of aliphatic hydroxyl groups excluding tert-OH is 2. The van der Waals surface area contributed by atoms with Crippen LogP contribution in [0.1, 0.15) is 10.4 Å². The number of thiocarbonyl (C=S) groups is 1. The average Bonchev–Trinajstić information content (AvgIpc) is 2.47. The fourth-order valence-corrected chi connectivity index (χ4v) is 1.84. The van der Waals surface area contributed by atoms with Gasteiger partial charge in [-0.3, -0.25) is 20.2 Å². The molecule has 8 nitrogen and oxygen atoms in total. The first-order valence-corrected chi connectivity index (χ1v) is 6.47. The molecule has 0 saturated carbocycles. The number of nitro groups is 1. The van der Waals surface area contributed by atoms with Crippen LogP contribution in [0.15, 0.2) is 24.3 Å². The van der Waals surface area contributed by atoms with Gasteiger partial charge in [0.2, 0.25) is 0 Å². The van der Waals surface area contributed by atoms with Crippen LogP contribution in [0.2, 0.25) is 0 Å². The molecule has 3 N–H and O–H groups in total. The number of nitrogens with zero attached hydrogens (tertiary/aromatic N) is 2. The Morgan fingerprint density at radius 1 is 1.33 bits per heavy atom. The number of benzene rings is 1. The Labute approximate surface area is 126 Å². The zero-order valence-corrected chi connectivity index (χ0v) is 11.9. The molecule has 1 rings (SSSR count). The van der Waals surface area contributed by atoms with E-state index in [4.69, 9.17) is 22.4 Å². The molecule has 0 aliphatic carbocycles. The third-order valence-electron chi connectivity index (χ3n) is 2.57. The molecular weight excluding hydrogens is 298 g/mol. The summed E-state index contributed by atoms with van der Waals surface area (Å²) in [5, 5.41) is 30.9. The van der Waals surface area contributed by atoms with E-state index < -0.39 is 10.8 Å². The third-order valence-corrected chi connectivity index (χ3v) is 2.93. The highest BCUT2D eigenvalue weighted by Gasteiger charge is 2.15. The number of carbonyl (C=O) groups excluding carboxylic acids is 1. The van der Waals surface area contributed by atoms with Gasteiger partial charge >= 0.3 is 0 Å². The number of non-ortho nitro benzene ring substituents is 1. The van der Waals surface area contributed by atoms with E-state index in [1.807, 2.05) is 0 Å². The van der Waals surface area contributed by atoms with E-state index in [0.717, 1.165) is 6.07 Å². The molecule has 0 bridgehead atoms. The van der Waals surface area contributed by atoms with Crippen molar-refractivity contribution in [3.05, 3.63) is 39.9 Å². The van der Waals surface area contributed by atoms with Gasteiger partial charge in [-0.05, 0) is 18.3 Å². The molecule has 0 saturated heterocycles. The lowest BCUT2D eigenvalue weighted by Gasteiger charge is -2.23. The lowest BCUT2D eigenvalue weighted by Crippen LogP contribution is -2.45. The Morgan fingerprint density at radius 2 is 1.95 bits per heavy atom. The van der Waals surface area contributed by atoms with E-state index in [1.54, 1.807) is 0 Å². The highest BCUT2D eigenvalue weighted by atomic mass is 32.1. The van der Waals surface area contributed by atoms with Crippen molar-refractivity contribution in [2.45, 2.75) is 0 Å². The van der Waals surface area contributed by atoms with Crippen molar-refractivity contribution in [2.75, 3.05) is 26.3 Å². The number of aliphatic hydroxyl groups is 2. The predicted molar refractivity (Wildman–Crippen MR) is 78.9 cm³/mol. The first-order valence-electron chi connectivity index (χ1n) is 6.06. The van der Waals surface area contributed by atoms with Gasteiger partial charge in [0.25, 0.3) is 11.6 Å². The third kappa shape index (κ3) is 5.06. The quantitative estimate of drug-likeness (QED) is 0.381. The Bertz CT molecular complexity index is 531. The molecule has 0 aliphatic heterocycles. The van der Waals surface area contributed by atoms with E-state index in [0.29, 0.717) is 0 Å². The number of nitrogens with one attached hydrogen (secondary N) is 1. The predicted octanol–water partition coefficient (Wildman–Crippen LogP) is -0.104. The standard InChI is InChI=1S/C12H15N3O5S/c16-6-4-14(5-7-17)12(21)13-11(18)9-2-1-3-10(8-9)15(19)20/h1-3,8,16-17H,4-7H2,(H,13,18,21). The van der Waals surface area contributed by atoms with E-state index in [1.165, 1.54) is 23.1 Å². The van der Waals surface area contributed by atoms with Crippen molar-refractivity contribution < 1.29 is 19.9 Å². The van der Waals surface area contributed by atoms with E-state index >= 15 is 0 Å². The summed E-state index contributed by atoms with van der Waals surface area (Å²) < 4.78 is 0. The summed E-state index contributed by atoms with van der Waals surface area (Å²) in [5.74, 6) is -0.593. The highest BCUT2D eigenvalue weighted by molar-refractivity contribution is 7.80. The number of rotatable bonds is 6. The van der Waals surface area contributed by atoms with Crippen LogP contribution in [-0.2, 0) is 0 Å². The molecule has 0 heterocycles. The normalized spacial score (nSPS) is 10.0. The van der Waals surface area contributed by atoms with Crippen molar-refractivity contribution in [1.29, 1.82) is 0 Å². The van der Waals surface area contributed by atoms with E-state index in [2.05, 4.69) is 5.32 Å². The minimum Gasteiger partial charge on any atom is -0.395 e. The maximum absolute atomic E-state index is 12.0. The smallest absolute Gasteiger partial charge is 0.270 e. The molecule has 114 valence electrons. The first kappa shape index (κ1) is 17.0. The van der Waals surface area contributed by atoms with Gasteiger partial charge in [-0.2, -0.15) is 0 Å². The van der Waals surface area contributed by atoms with E-state index in [9.17, 15) is 14.9 Å². The molecule has 1 aromatic rings. The Balaban J connectivity index is 2.77. The van der Waals surface area contributed by atoms with Crippen LogP contribution in [-0.4, -0.2) is 57.4 Å².